The molecule has 0 spiro atoms. The second kappa shape index (κ2) is 8.26. The number of halogens is 1. The Bertz CT molecular complexity index is 109. The number of rotatable bonds is 5. The molecule has 0 bridgehead atoms. The predicted octanol–water partition coefficient (Wildman–Crippen LogP) is 1.60. The molecule has 0 aromatic heterocycles. The van der Waals surface area contributed by atoms with Crippen molar-refractivity contribution in [3.8, 4) is 0 Å². The molecule has 3 nitrogen and oxygen atoms in total. The van der Waals surface area contributed by atoms with E-state index in [0.717, 1.165) is 12.8 Å². The molecule has 0 heterocycles. The number of hydrogen-bond donors (Lipinski definition) is 2. The molecule has 1 atom stereocenters. The van der Waals surface area contributed by atoms with E-state index < -0.39 is 5.97 Å². The van der Waals surface area contributed by atoms with Crippen LogP contribution in [-0.4, -0.2) is 17.1 Å². The van der Waals surface area contributed by atoms with Crippen molar-refractivity contribution < 1.29 is 9.90 Å². The first-order chi connectivity index (χ1) is 4.66. The van der Waals surface area contributed by atoms with Gasteiger partial charge in [0, 0.05) is 12.5 Å². The van der Waals surface area contributed by atoms with Gasteiger partial charge in [-0.1, -0.05) is 6.92 Å². The van der Waals surface area contributed by atoms with Crippen LogP contribution in [0.25, 0.3) is 0 Å². The molecule has 0 saturated carbocycles. The van der Waals surface area contributed by atoms with Gasteiger partial charge in [-0.05, 0) is 19.3 Å². The van der Waals surface area contributed by atoms with Crippen LogP contribution >= 0.6 is 24.0 Å². The van der Waals surface area contributed by atoms with E-state index in [2.05, 4.69) is 0 Å². The van der Waals surface area contributed by atoms with Crippen molar-refractivity contribution in [2.24, 2.45) is 5.73 Å². The summed E-state index contributed by atoms with van der Waals surface area (Å²) >= 11 is 0. The number of carbonyl (C=O) groups is 1. The minimum absolute atomic E-state index is 0. The summed E-state index contributed by atoms with van der Waals surface area (Å²) in [5.41, 5.74) is 5.57. The summed E-state index contributed by atoms with van der Waals surface area (Å²) in [7, 11) is 0. The molecular weight excluding hydrogens is 257 g/mol. The van der Waals surface area contributed by atoms with E-state index in [9.17, 15) is 4.79 Å². The fourth-order valence-corrected chi connectivity index (χ4v) is 0.720. The number of carboxylic acid groups (broad SMARTS) is 1. The lowest BCUT2D eigenvalue weighted by atomic mass is 10.1. The van der Waals surface area contributed by atoms with Gasteiger partial charge >= 0.3 is 5.97 Å². The molecule has 0 aromatic rings. The molecule has 0 radical (unpaired) electrons. The normalized spacial score (nSPS) is 11.8. The van der Waals surface area contributed by atoms with Crippen LogP contribution in [0.3, 0.4) is 0 Å². The predicted molar refractivity (Wildman–Crippen MR) is 55.2 cm³/mol. The van der Waals surface area contributed by atoms with Crippen LogP contribution in [0.1, 0.15) is 32.6 Å². The van der Waals surface area contributed by atoms with Gasteiger partial charge in [-0.25, -0.2) is 0 Å². The van der Waals surface area contributed by atoms with E-state index in [1.807, 2.05) is 6.92 Å². The first-order valence-electron chi connectivity index (χ1n) is 3.64. The van der Waals surface area contributed by atoms with Gasteiger partial charge < -0.3 is 10.8 Å². The van der Waals surface area contributed by atoms with Gasteiger partial charge in [0.2, 0.25) is 0 Å². The van der Waals surface area contributed by atoms with Crippen molar-refractivity contribution in [2.45, 2.75) is 38.6 Å². The number of carboxylic acids is 1. The van der Waals surface area contributed by atoms with Crippen LogP contribution in [0.5, 0.6) is 0 Å². The zero-order chi connectivity index (χ0) is 7.98. The lowest BCUT2D eigenvalue weighted by molar-refractivity contribution is -0.137. The maximum Gasteiger partial charge on any atom is 0.303 e. The van der Waals surface area contributed by atoms with Gasteiger partial charge in [0.25, 0.3) is 0 Å². The third-order valence-corrected chi connectivity index (χ3v) is 1.49. The Morgan fingerprint density at radius 2 is 2.18 bits per heavy atom. The largest absolute Gasteiger partial charge is 0.481 e. The highest BCUT2D eigenvalue weighted by Gasteiger charge is 2.00. The maximum absolute atomic E-state index is 10.0. The summed E-state index contributed by atoms with van der Waals surface area (Å²) in [5.74, 6) is -0.733. The zero-order valence-electron chi connectivity index (χ0n) is 6.75. The second-order valence-electron chi connectivity index (χ2n) is 2.45. The molecule has 1 unspecified atom stereocenters. The number of aliphatic carboxylic acids is 1. The molecule has 68 valence electrons. The van der Waals surface area contributed by atoms with Gasteiger partial charge in [-0.3, -0.25) is 4.79 Å². The zero-order valence-corrected chi connectivity index (χ0v) is 9.08. The first kappa shape index (κ1) is 13.7. The number of hydrogen-bond acceptors (Lipinski definition) is 2. The van der Waals surface area contributed by atoms with Crippen molar-refractivity contribution in [3.05, 3.63) is 0 Å². The minimum Gasteiger partial charge on any atom is -0.481 e. The van der Waals surface area contributed by atoms with Crippen LogP contribution in [0.15, 0.2) is 0 Å². The molecule has 0 aliphatic carbocycles. The summed E-state index contributed by atoms with van der Waals surface area (Å²) < 4.78 is 0. The summed E-state index contributed by atoms with van der Waals surface area (Å²) in [6, 6.07) is 0.180. The topological polar surface area (TPSA) is 63.3 Å². The molecule has 0 aliphatic heterocycles. The molecule has 11 heavy (non-hydrogen) atoms. The lowest BCUT2D eigenvalue weighted by Gasteiger charge is -2.05. The summed E-state index contributed by atoms with van der Waals surface area (Å²) in [6.07, 6.45) is 2.69. The Kier molecular flexibility index (Phi) is 10.3. The van der Waals surface area contributed by atoms with E-state index in [0.29, 0.717) is 6.42 Å². The first-order valence-corrected chi connectivity index (χ1v) is 3.64. The van der Waals surface area contributed by atoms with Crippen molar-refractivity contribution in [3.63, 3.8) is 0 Å². The summed E-state index contributed by atoms with van der Waals surface area (Å²) in [4.78, 5) is 10.0. The highest BCUT2D eigenvalue weighted by atomic mass is 127. The van der Waals surface area contributed by atoms with E-state index in [1.54, 1.807) is 0 Å². The molecule has 3 N–H and O–H groups in total. The van der Waals surface area contributed by atoms with Crippen molar-refractivity contribution in [1.29, 1.82) is 0 Å². The van der Waals surface area contributed by atoms with E-state index in [4.69, 9.17) is 10.8 Å². The van der Waals surface area contributed by atoms with Gasteiger partial charge in [0.1, 0.15) is 0 Å². The molecule has 0 fully saturated rings. The summed E-state index contributed by atoms with van der Waals surface area (Å²) in [6.45, 7) is 2.01. The van der Waals surface area contributed by atoms with Gasteiger partial charge in [0.15, 0.2) is 0 Å². The van der Waals surface area contributed by atoms with Crippen LogP contribution in [0.2, 0.25) is 0 Å². The fraction of sp³-hybridized carbons (Fsp3) is 0.857. The Morgan fingerprint density at radius 1 is 1.64 bits per heavy atom. The standard InChI is InChI=1S/C7H15NO2.HI/c1-2-6(8)4-3-5-7(9)10;/h6H,2-5,8H2,1H3,(H,9,10);1H. The average molecular weight is 273 g/mol. The molecule has 0 saturated heterocycles. The SMILES string of the molecule is CCC(N)CCCC(=O)O.I. The Balaban J connectivity index is 0. The third-order valence-electron chi connectivity index (χ3n) is 1.49. The molecule has 4 heteroatoms. The quantitative estimate of drug-likeness (QED) is 0.748. The van der Waals surface area contributed by atoms with E-state index >= 15 is 0 Å². The van der Waals surface area contributed by atoms with Gasteiger partial charge in [-0.2, -0.15) is 0 Å². The van der Waals surface area contributed by atoms with E-state index in [1.165, 1.54) is 0 Å². The minimum atomic E-state index is -0.733. The van der Waals surface area contributed by atoms with Crippen molar-refractivity contribution in [2.75, 3.05) is 0 Å². The molecule has 0 amide bonds. The van der Waals surface area contributed by atoms with Crippen LogP contribution < -0.4 is 5.73 Å². The average Bonchev–Trinajstić information content (AvgIpc) is 1.87. The van der Waals surface area contributed by atoms with Crippen LogP contribution in [0.4, 0.5) is 0 Å². The molecule has 0 rings (SSSR count). The molecular formula is C7H16INO2. The second-order valence-corrected chi connectivity index (χ2v) is 2.45. The Hall–Kier alpha value is 0.160. The lowest BCUT2D eigenvalue weighted by Crippen LogP contribution is -2.18. The fourth-order valence-electron chi connectivity index (χ4n) is 0.720. The summed E-state index contributed by atoms with van der Waals surface area (Å²) in [5, 5.41) is 8.26. The molecule has 0 aliphatic rings. The highest BCUT2D eigenvalue weighted by Crippen LogP contribution is 2.00. The van der Waals surface area contributed by atoms with E-state index in [-0.39, 0.29) is 36.4 Å². The third kappa shape index (κ3) is 10.2. The number of nitrogens with two attached hydrogens (primary N) is 1. The van der Waals surface area contributed by atoms with Crippen molar-refractivity contribution >= 4 is 29.9 Å². The van der Waals surface area contributed by atoms with Crippen LogP contribution in [0, 0.1) is 0 Å². The Morgan fingerprint density at radius 3 is 2.55 bits per heavy atom. The highest BCUT2D eigenvalue weighted by molar-refractivity contribution is 14.0. The monoisotopic (exact) mass is 273 g/mol. The van der Waals surface area contributed by atoms with Crippen LogP contribution in [-0.2, 0) is 4.79 Å². The smallest absolute Gasteiger partial charge is 0.303 e. The maximum atomic E-state index is 10.0. The van der Waals surface area contributed by atoms with Crippen molar-refractivity contribution in [1.82, 2.24) is 0 Å². The van der Waals surface area contributed by atoms with Gasteiger partial charge in [0.05, 0.1) is 0 Å². The molecule has 0 aromatic carbocycles. The van der Waals surface area contributed by atoms with Gasteiger partial charge in [-0.15, -0.1) is 24.0 Å². The Labute approximate surface area is 84.4 Å².